The molecule has 0 aliphatic rings. The van der Waals surface area contributed by atoms with Gasteiger partial charge in [0.2, 0.25) is 0 Å². The van der Waals surface area contributed by atoms with Gasteiger partial charge in [0.25, 0.3) is 0 Å². The van der Waals surface area contributed by atoms with Crippen LogP contribution in [0.4, 0.5) is 4.39 Å². The Balaban J connectivity index is 2.25. The Kier molecular flexibility index (Phi) is 4.88. The molecule has 0 N–H and O–H groups in total. The average Bonchev–Trinajstić information content (AvgIpc) is 2.37. The molecule has 0 nitrogen and oxygen atoms in total. The van der Waals surface area contributed by atoms with Gasteiger partial charge in [-0.2, -0.15) is 0 Å². The smallest absolute Gasteiger partial charge is 0.127 e. The van der Waals surface area contributed by atoms with E-state index in [4.69, 9.17) is 23.2 Å². The van der Waals surface area contributed by atoms with Crippen molar-refractivity contribution in [2.24, 2.45) is 0 Å². The first-order chi connectivity index (χ1) is 8.99. The number of hydrogen-bond donors (Lipinski definition) is 0. The van der Waals surface area contributed by atoms with E-state index in [0.29, 0.717) is 17.0 Å². The second-order valence-electron chi connectivity index (χ2n) is 4.38. The molecule has 0 aromatic heterocycles. The van der Waals surface area contributed by atoms with E-state index < -0.39 is 0 Å². The maximum Gasteiger partial charge on any atom is 0.127 e. The average molecular weight is 362 g/mol. The summed E-state index contributed by atoms with van der Waals surface area (Å²) in [5.74, 6) is -0.313. The van der Waals surface area contributed by atoms with Gasteiger partial charge in [-0.15, -0.1) is 11.6 Å². The number of aryl methyl sites for hydroxylation is 1. The summed E-state index contributed by atoms with van der Waals surface area (Å²) in [5.41, 5.74) is 2.52. The summed E-state index contributed by atoms with van der Waals surface area (Å²) >= 11 is 15.8. The van der Waals surface area contributed by atoms with E-state index >= 15 is 0 Å². The molecule has 0 amide bonds. The third-order valence-electron chi connectivity index (χ3n) is 2.99. The normalized spacial score (nSPS) is 12.5. The van der Waals surface area contributed by atoms with Crippen molar-refractivity contribution < 1.29 is 4.39 Å². The fraction of sp³-hybridized carbons (Fsp3) is 0.200. The van der Waals surface area contributed by atoms with Crippen LogP contribution in [-0.2, 0) is 6.42 Å². The monoisotopic (exact) mass is 360 g/mol. The molecule has 0 saturated heterocycles. The SMILES string of the molecule is Cc1cc(C(Cl)Cc2c(F)cccc2Cl)ccc1Br. The Labute approximate surface area is 130 Å². The van der Waals surface area contributed by atoms with Crippen LogP contribution in [0.1, 0.15) is 22.1 Å². The van der Waals surface area contributed by atoms with Gasteiger partial charge >= 0.3 is 0 Å². The molecule has 1 atom stereocenters. The highest BCUT2D eigenvalue weighted by Crippen LogP contribution is 2.31. The van der Waals surface area contributed by atoms with Crippen LogP contribution in [0.15, 0.2) is 40.9 Å². The summed E-state index contributed by atoms with van der Waals surface area (Å²) in [6.45, 7) is 1.99. The second-order valence-corrected chi connectivity index (χ2v) is 6.17. The maximum atomic E-state index is 13.7. The van der Waals surface area contributed by atoms with Crippen LogP contribution >= 0.6 is 39.1 Å². The lowest BCUT2D eigenvalue weighted by atomic mass is 10.0. The zero-order valence-corrected chi connectivity index (χ0v) is 13.4. The minimum absolute atomic E-state index is 0.304. The van der Waals surface area contributed by atoms with Crippen LogP contribution in [0.2, 0.25) is 5.02 Å². The molecule has 2 aromatic rings. The summed E-state index contributed by atoms with van der Waals surface area (Å²) in [4.78, 5) is 0. The van der Waals surface area contributed by atoms with Gasteiger partial charge in [0.15, 0.2) is 0 Å². The van der Waals surface area contributed by atoms with Crippen molar-refractivity contribution in [1.82, 2.24) is 0 Å². The lowest BCUT2D eigenvalue weighted by molar-refractivity contribution is 0.607. The van der Waals surface area contributed by atoms with Crippen molar-refractivity contribution in [1.29, 1.82) is 0 Å². The maximum absolute atomic E-state index is 13.7. The fourth-order valence-corrected chi connectivity index (χ4v) is 2.66. The largest absolute Gasteiger partial charge is 0.207 e. The molecule has 0 aliphatic heterocycles. The van der Waals surface area contributed by atoms with E-state index in [2.05, 4.69) is 15.9 Å². The van der Waals surface area contributed by atoms with Crippen molar-refractivity contribution in [3.8, 4) is 0 Å². The van der Waals surface area contributed by atoms with Crippen molar-refractivity contribution in [2.75, 3.05) is 0 Å². The van der Waals surface area contributed by atoms with Crippen LogP contribution in [0.25, 0.3) is 0 Å². The first-order valence-electron chi connectivity index (χ1n) is 5.82. The van der Waals surface area contributed by atoms with Crippen LogP contribution in [0.5, 0.6) is 0 Å². The quantitative estimate of drug-likeness (QED) is 0.581. The Bertz CT molecular complexity index is 578. The van der Waals surface area contributed by atoms with Gasteiger partial charge in [-0.1, -0.05) is 45.7 Å². The second kappa shape index (κ2) is 6.25. The van der Waals surface area contributed by atoms with E-state index in [1.807, 2.05) is 25.1 Å². The molecule has 1 unspecified atom stereocenters. The molecule has 0 heterocycles. The topological polar surface area (TPSA) is 0 Å². The molecule has 0 fully saturated rings. The predicted molar refractivity (Wildman–Crippen MR) is 82.6 cm³/mol. The highest BCUT2D eigenvalue weighted by molar-refractivity contribution is 9.10. The third kappa shape index (κ3) is 3.50. The molecule has 19 heavy (non-hydrogen) atoms. The van der Waals surface area contributed by atoms with Crippen molar-refractivity contribution in [3.63, 3.8) is 0 Å². The first kappa shape index (κ1) is 14.8. The Morgan fingerprint density at radius 3 is 2.63 bits per heavy atom. The molecule has 2 aromatic carbocycles. The van der Waals surface area contributed by atoms with Crippen molar-refractivity contribution in [3.05, 3.63) is 68.4 Å². The lowest BCUT2D eigenvalue weighted by Gasteiger charge is -2.13. The summed E-state index contributed by atoms with van der Waals surface area (Å²) in [6, 6.07) is 10.5. The molecule has 0 saturated carbocycles. The summed E-state index contributed by atoms with van der Waals surface area (Å²) in [5, 5.41) is 0.112. The fourth-order valence-electron chi connectivity index (χ4n) is 1.89. The Morgan fingerprint density at radius 2 is 2.00 bits per heavy atom. The Hall–Kier alpha value is -0.570. The van der Waals surface area contributed by atoms with E-state index in [1.54, 1.807) is 12.1 Å². The molecule has 0 spiro atoms. The van der Waals surface area contributed by atoms with Gasteiger partial charge in [0.1, 0.15) is 5.82 Å². The minimum atomic E-state index is -0.313. The molecule has 0 aliphatic carbocycles. The highest BCUT2D eigenvalue weighted by Gasteiger charge is 2.15. The van der Waals surface area contributed by atoms with Crippen LogP contribution in [-0.4, -0.2) is 0 Å². The molecule has 100 valence electrons. The van der Waals surface area contributed by atoms with E-state index in [1.165, 1.54) is 6.07 Å². The summed E-state index contributed by atoms with van der Waals surface area (Å²) in [6.07, 6.45) is 0.369. The molecular weight excluding hydrogens is 350 g/mol. The van der Waals surface area contributed by atoms with Gasteiger partial charge in [-0.3, -0.25) is 0 Å². The van der Waals surface area contributed by atoms with Gasteiger partial charge in [0, 0.05) is 15.1 Å². The predicted octanol–water partition coefficient (Wildman–Crippen LogP) is 6.07. The van der Waals surface area contributed by atoms with E-state index in [-0.39, 0.29) is 11.2 Å². The Morgan fingerprint density at radius 1 is 1.26 bits per heavy atom. The van der Waals surface area contributed by atoms with Gasteiger partial charge in [0.05, 0.1) is 5.38 Å². The van der Waals surface area contributed by atoms with Crippen LogP contribution in [0.3, 0.4) is 0 Å². The first-order valence-corrected chi connectivity index (χ1v) is 7.43. The standard InChI is InChI=1S/C15H12BrCl2F/c1-9-7-10(5-6-12(9)16)14(18)8-11-13(17)3-2-4-15(11)19/h2-7,14H,8H2,1H3. The number of hydrogen-bond acceptors (Lipinski definition) is 0. The third-order valence-corrected chi connectivity index (χ3v) is 4.64. The number of rotatable bonds is 3. The zero-order chi connectivity index (χ0) is 14.0. The number of halogens is 4. The van der Waals surface area contributed by atoms with E-state index in [0.717, 1.165) is 15.6 Å². The van der Waals surface area contributed by atoms with Crippen LogP contribution in [0, 0.1) is 12.7 Å². The van der Waals surface area contributed by atoms with Gasteiger partial charge < -0.3 is 0 Å². The minimum Gasteiger partial charge on any atom is -0.207 e. The molecule has 4 heteroatoms. The van der Waals surface area contributed by atoms with Crippen molar-refractivity contribution >= 4 is 39.1 Å². The highest BCUT2D eigenvalue weighted by atomic mass is 79.9. The van der Waals surface area contributed by atoms with Crippen molar-refractivity contribution in [2.45, 2.75) is 18.7 Å². The number of benzene rings is 2. The van der Waals surface area contributed by atoms with Gasteiger partial charge in [-0.25, -0.2) is 4.39 Å². The van der Waals surface area contributed by atoms with Gasteiger partial charge in [-0.05, 0) is 42.7 Å². The molecular formula is C15H12BrCl2F. The summed E-state index contributed by atoms with van der Waals surface area (Å²) in [7, 11) is 0. The lowest BCUT2D eigenvalue weighted by Crippen LogP contribution is -2.00. The number of alkyl halides is 1. The molecule has 0 radical (unpaired) electrons. The zero-order valence-electron chi connectivity index (χ0n) is 10.3. The summed E-state index contributed by atoms with van der Waals surface area (Å²) < 4.78 is 14.8. The molecule has 0 bridgehead atoms. The molecule has 2 rings (SSSR count). The van der Waals surface area contributed by atoms with Crippen LogP contribution < -0.4 is 0 Å². The van der Waals surface area contributed by atoms with E-state index in [9.17, 15) is 4.39 Å².